The Balaban J connectivity index is 3.49. The molecule has 0 saturated heterocycles. The molecule has 0 saturated carbocycles. The molecule has 0 aliphatic rings. The summed E-state index contributed by atoms with van der Waals surface area (Å²) >= 11 is 0. The van der Waals surface area contributed by atoms with Gasteiger partial charge in [-0.3, -0.25) is 4.79 Å². The number of rotatable bonds is 6. The average molecular weight is 170 g/mol. The van der Waals surface area contributed by atoms with Crippen LogP contribution in [0.2, 0.25) is 0 Å². The van der Waals surface area contributed by atoms with Gasteiger partial charge in [0, 0.05) is 13.6 Å². The molecule has 0 radical (unpaired) electrons. The second-order valence-electron chi connectivity index (χ2n) is 2.78. The number of unbranched alkanes of at least 4 members (excludes halogenated alkanes) is 1. The summed E-state index contributed by atoms with van der Waals surface area (Å²) in [6.45, 7) is 4.86. The highest BCUT2D eigenvalue weighted by molar-refractivity contribution is 5.77. The van der Waals surface area contributed by atoms with E-state index >= 15 is 0 Å². The number of carbonyl (C=O) groups excluding carboxylic acids is 1. The molecule has 1 N–H and O–H groups in total. The van der Waals surface area contributed by atoms with Crippen LogP contribution >= 0.6 is 0 Å². The second-order valence-corrected chi connectivity index (χ2v) is 2.78. The van der Waals surface area contributed by atoms with Gasteiger partial charge < -0.3 is 10.2 Å². The van der Waals surface area contributed by atoms with Gasteiger partial charge in [-0.1, -0.05) is 6.08 Å². The van der Waals surface area contributed by atoms with Crippen molar-refractivity contribution in [1.29, 1.82) is 0 Å². The zero-order valence-corrected chi connectivity index (χ0v) is 7.97. The van der Waals surface area contributed by atoms with Crippen LogP contribution in [0.15, 0.2) is 12.7 Å². The minimum Gasteiger partial charge on any atom is -0.345 e. The van der Waals surface area contributed by atoms with E-state index in [4.69, 9.17) is 0 Å². The van der Waals surface area contributed by atoms with E-state index in [1.54, 1.807) is 11.9 Å². The summed E-state index contributed by atoms with van der Waals surface area (Å²) in [5.41, 5.74) is 0. The molecule has 3 heteroatoms. The molecule has 0 spiro atoms. The van der Waals surface area contributed by atoms with Crippen molar-refractivity contribution in [3.8, 4) is 0 Å². The lowest BCUT2D eigenvalue weighted by Crippen LogP contribution is -2.34. The van der Waals surface area contributed by atoms with Gasteiger partial charge in [0.1, 0.15) is 0 Å². The fourth-order valence-corrected chi connectivity index (χ4v) is 0.884. The van der Waals surface area contributed by atoms with Crippen LogP contribution in [0.1, 0.15) is 12.8 Å². The quantitative estimate of drug-likeness (QED) is 0.468. The SMILES string of the molecule is C=CCCCN(C)C(=O)CNC. The van der Waals surface area contributed by atoms with Gasteiger partial charge in [-0.05, 0) is 19.9 Å². The Morgan fingerprint density at radius 1 is 1.67 bits per heavy atom. The van der Waals surface area contributed by atoms with Crippen LogP contribution in [0, 0.1) is 0 Å². The van der Waals surface area contributed by atoms with Crippen LogP contribution in [0.4, 0.5) is 0 Å². The standard InChI is InChI=1S/C9H18N2O/c1-4-5-6-7-11(3)9(12)8-10-2/h4,10H,1,5-8H2,2-3H3. The van der Waals surface area contributed by atoms with Crippen molar-refractivity contribution in [3.63, 3.8) is 0 Å². The third-order valence-electron chi connectivity index (χ3n) is 1.66. The normalized spacial score (nSPS) is 9.50. The van der Waals surface area contributed by atoms with E-state index in [-0.39, 0.29) is 5.91 Å². The minimum atomic E-state index is 0.140. The van der Waals surface area contributed by atoms with Gasteiger partial charge in [-0.25, -0.2) is 0 Å². The maximum Gasteiger partial charge on any atom is 0.236 e. The molecule has 0 aliphatic heterocycles. The summed E-state index contributed by atoms with van der Waals surface area (Å²) in [5, 5.41) is 2.83. The molecular formula is C9H18N2O. The molecule has 0 aliphatic carbocycles. The summed E-state index contributed by atoms with van der Waals surface area (Å²) in [7, 11) is 3.60. The lowest BCUT2D eigenvalue weighted by molar-refractivity contribution is -0.128. The van der Waals surface area contributed by atoms with Crippen molar-refractivity contribution >= 4 is 5.91 Å². The van der Waals surface area contributed by atoms with E-state index in [0.717, 1.165) is 19.4 Å². The Kier molecular flexibility index (Phi) is 6.38. The molecule has 0 atom stereocenters. The largest absolute Gasteiger partial charge is 0.345 e. The first kappa shape index (κ1) is 11.2. The second kappa shape index (κ2) is 6.85. The first-order valence-electron chi connectivity index (χ1n) is 4.21. The molecule has 0 aromatic heterocycles. The van der Waals surface area contributed by atoms with Crippen LogP contribution < -0.4 is 5.32 Å². The molecule has 0 fully saturated rings. The van der Waals surface area contributed by atoms with E-state index < -0.39 is 0 Å². The van der Waals surface area contributed by atoms with Crippen LogP contribution in [-0.4, -0.2) is 38.0 Å². The van der Waals surface area contributed by atoms with Gasteiger partial charge in [0.25, 0.3) is 0 Å². The van der Waals surface area contributed by atoms with E-state index in [1.165, 1.54) is 0 Å². The highest BCUT2D eigenvalue weighted by Crippen LogP contribution is 1.93. The Morgan fingerprint density at radius 2 is 2.33 bits per heavy atom. The molecule has 0 unspecified atom stereocenters. The summed E-state index contributed by atoms with van der Waals surface area (Å²) in [4.78, 5) is 12.9. The highest BCUT2D eigenvalue weighted by atomic mass is 16.2. The van der Waals surface area contributed by atoms with E-state index in [9.17, 15) is 4.79 Å². The molecule has 70 valence electrons. The number of carbonyl (C=O) groups is 1. The molecule has 0 heterocycles. The predicted molar refractivity (Wildman–Crippen MR) is 51.0 cm³/mol. The van der Waals surface area contributed by atoms with Crippen molar-refractivity contribution < 1.29 is 4.79 Å². The van der Waals surface area contributed by atoms with Crippen LogP contribution in [0.5, 0.6) is 0 Å². The third-order valence-corrected chi connectivity index (χ3v) is 1.66. The number of hydrogen-bond acceptors (Lipinski definition) is 2. The Hall–Kier alpha value is -0.830. The van der Waals surface area contributed by atoms with Gasteiger partial charge in [-0.15, -0.1) is 6.58 Å². The predicted octanol–water partition coefficient (Wildman–Crippen LogP) is 0.630. The topological polar surface area (TPSA) is 32.3 Å². The molecule has 12 heavy (non-hydrogen) atoms. The number of hydrogen-bond donors (Lipinski definition) is 1. The monoisotopic (exact) mass is 170 g/mol. The van der Waals surface area contributed by atoms with Crippen molar-refractivity contribution in [2.24, 2.45) is 0 Å². The first-order chi connectivity index (χ1) is 5.72. The van der Waals surface area contributed by atoms with Crippen molar-refractivity contribution in [3.05, 3.63) is 12.7 Å². The molecule has 0 aromatic carbocycles. The number of allylic oxidation sites excluding steroid dienone is 1. The number of amides is 1. The van der Waals surface area contributed by atoms with Gasteiger partial charge in [0.2, 0.25) is 5.91 Å². The molecule has 0 bridgehead atoms. The molecule has 3 nitrogen and oxygen atoms in total. The van der Waals surface area contributed by atoms with Crippen LogP contribution in [-0.2, 0) is 4.79 Å². The summed E-state index contributed by atoms with van der Waals surface area (Å²) in [6.07, 6.45) is 3.84. The van der Waals surface area contributed by atoms with Crippen LogP contribution in [0.3, 0.4) is 0 Å². The summed E-state index contributed by atoms with van der Waals surface area (Å²) in [6, 6.07) is 0. The van der Waals surface area contributed by atoms with Gasteiger partial charge >= 0.3 is 0 Å². The average Bonchev–Trinajstić information content (AvgIpc) is 2.05. The maximum atomic E-state index is 11.2. The Bertz CT molecular complexity index is 145. The van der Waals surface area contributed by atoms with Crippen LogP contribution in [0.25, 0.3) is 0 Å². The van der Waals surface area contributed by atoms with Gasteiger partial charge in [0.15, 0.2) is 0 Å². The van der Waals surface area contributed by atoms with E-state index in [2.05, 4.69) is 11.9 Å². The fraction of sp³-hybridized carbons (Fsp3) is 0.667. The lowest BCUT2D eigenvalue weighted by Gasteiger charge is -2.15. The number of nitrogens with one attached hydrogen (secondary N) is 1. The summed E-state index contributed by atoms with van der Waals surface area (Å²) < 4.78 is 0. The summed E-state index contributed by atoms with van der Waals surface area (Å²) in [5.74, 6) is 0.140. The van der Waals surface area contributed by atoms with Crippen molar-refractivity contribution in [2.75, 3.05) is 27.2 Å². The van der Waals surface area contributed by atoms with Crippen molar-refractivity contribution in [2.45, 2.75) is 12.8 Å². The van der Waals surface area contributed by atoms with Crippen molar-refractivity contribution in [1.82, 2.24) is 10.2 Å². The smallest absolute Gasteiger partial charge is 0.236 e. The Labute approximate surface area is 74.4 Å². The van der Waals surface area contributed by atoms with E-state index in [0.29, 0.717) is 6.54 Å². The zero-order chi connectivity index (χ0) is 9.40. The molecular weight excluding hydrogens is 152 g/mol. The molecule has 0 aromatic rings. The first-order valence-corrected chi connectivity index (χ1v) is 4.21. The van der Waals surface area contributed by atoms with Gasteiger partial charge in [-0.2, -0.15) is 0 Å². The number of nitrogens with zero attached hydrogens (tertiary/aromatic N) is 1. The molecule has 1 amide bonds. The fourth-order valence-electron chi connectivity index (χ4n) is 0.884. The van der Waals surface area contributed by atoms with E-state index in [1.807, 2.05) is 13.1 Å². The van der Waals surface area contributed by atoms with Gasteiger partial charge in [0.05, 0.1) is 6.54 Å². The lowest BCUT2D eigenvalue weighted by atomic mass is 10.3. The minimum absolute atomic E-state index is 0.140. The maximum absolute atomic E-state index is 11.2. The molecule has 0 rings (SSSR count). The number of likely N-dealkylation sites (N-methyl/N-ethyl adjacent to an activating group) is 2. The highest BCUT2D eigenvalue weighted by Gasteiger charge is 2.04. The third kappa shape index (κ3) is 4.91. The Morgan fingerprint density at radius 3 is 2.83 bits per heavy atom. The zero-order valence-electron chi connectivity index (χ0n) is 7.97.